The molecule has 1 amide bonds. The monoisotopic (exact) mass is 416 g/mol. The average molecular weight is 417 g/mol. The van der Waals surface area contributed by atoms with Crippen LogP contribution in [0, 0.1) is 13.8 Å². The molecule has 1 aromatic carbocycles. The minimum absolute atomic E-state index is 0.0618. The largest absolute Gasteiger partial charge is 0.497 e. The smallest absolute Gasteiger partial charge is 0.255 e. The second-order valence-corrected chi connectivity index (χ2v) is 7.78. The molecule has 1 aromatic heterocycles. The summed E-state index contributed by atoms with van der Waals surface area (Å²) >= 11 is 3.50. The Morgan fingerprint density at radius 2 is 1.92 bits per heavy atom. The molecule has 26 heavy (non-hydrogen) atoms. The summed E-state index contributed by atoms with van der Waals surface area (Å²) in [5, 5.41) is 0. The molecule has 7 heteroatoms. The fourth-order valence-corrected chi connectivity index (χ4v) is 4.34. The highest BCUT2D eigenvalue weighted by atomic mass is 79.9. The van der Waals surface area contributed by atoms with Crippen molar-refractivity contribution in [2.45, 2.75) is 32.4 Å². The number of nitrogens with zero attached hydrogens (tertiary/aromatic N) is 4. The molecule has 6 nitrogen and oxygen atoms in total. The van der Waals surface area contributed by atoms with Crippen LogP contribution in [0.25, 0.3) is 0 Å². The van der Waals surface area contributed by atoms with E-state index in [0.29, 0.717) is 11.3 Å². The number of carbonyl (C=O) groups is 1. The van der Waals surface area contributed by atoms with E-state index >= 15 is 0 Å². The number of hydrogen-bond donors (Lipinski definition) is 0. The Labute approximate surface area is 161 Å². The second-order valence-electron chi connectivity index (χ2n) is 6.92. The summed E-state index contributed by atoms with van der Waals surface area (Å²) in [6, 6.07) is 7.96. The van der Waals surface area contributed by atoms with Gasteiger partial charge >= 0.3 is 0 Å². The number of benzene rings is 1. The number of anilines is 1. The lowest BCUT2D eigenvalue weighted by atomic mass is 9.86. The molecule has 3 aliphatic rings. The van der Waals surface area contributed by atoms with Crippen LogP contribution in [0.3, 0.4) is 0 Å². The maximum atomic E-state index is 13.1. The predicted octanol–water partition coefficient (Wildman–Crippen LogP) is 2.97. The fourth-order valence-electron chi connectivity index (χ4n) is 3.92. The maximum Gasteiger partial charge on any atom is 0.255 e. The molecule has 136 valence electrons. The van der Waals surface area contributed by atoms with Crippen LogP contribution >= 0.6 is 15.9 Å². The average Bonchev–Trinajstić information content (AvgIpc) is 2.61. The van der Waals surface area contributed by atoms with Gasteiger partial charge in [0, 0.05) is 29.3 Å². The fraction of sp³-hybridized carbons (Fsp3) is 0.421. The topological polar surface area (TPSA) is 58.6 Å². The van der Waals surface area contributed by atoms with Crippen LogP contribution in [-0.4, -0.2) is 53.1 Å². The molecule has 2 aromatic rings. The van der Waals surface area contributed by atoms with Gasteiger partial charge in [-0.1, -0.05) is 0 Å². The van der Waals surface area contributed by atoms with E-state index in [1.54, 1.807) is 13.2 Å². The first-order valence-corrected chi connectivity index (χ1v) is 9.49. The van der Waals surface area contributed by atoms with Crippen LogP contribution in [0.15, 0.2) is 28.7 Å². The van der Waals surface area contributed by atoms with Crippen LogP contribution in [-0.2, 0) is 0 Å². The van der Waals surface area contributed by atoms with Crippen LogP contribution in [0.5, 0.6) is 5.75 Å². The molecule has 0 N–H and O–H groups in total. The summed E-state index contributed by atoms with van der Waals surface area (Å²) in [4.78, 5) is 26.3. The molecule has 3 aliphatic heterocycles. The van der Waals surface area contributed by atoms with E-state index in [1.807, 2.05) is 36.9 Å². The van der Waals surface area contributed by atoms with Gasteiger partial charge in [-0.2, -0.15) is 0 Å². The first-order valence-electron chi connectivity index (χ1n) is 8.69. The predicted molar refractivity (Wildman–Crippen MR) is 103 cm³/mol. The summed E-state index contributed by atoms with van der Waals surface area (Å²) in [5.41, 5.74) is 1.63. The van der Waals surface area contributed by atoms with Gasteiger partial charge in [-0.15, -0.1) is 0 Å². The lowest BCUT2D eigenvalue weighted by Crippen LogP contribution is -2.70. The van der Waals surface area contributed by atoms with Gasteiger partial charge in [-0.3, -0.25) is 4.79 Å². The zero-order valence-electron chi connectivity index (χ0n) is 15.1. The number of methoxy groups -OCH3 is 1. The Hall–Kier alpha value is -2.15. The van der Waals surface area contributed by atoms with Gasteiger partial charge in [0.25, 0.3) is 5.91 Å². The number of amides is 1. The van der Waals surface area contributed by atoms with Gasteiger partial charge in [-0.25, -0.2) is 9.97 Å². The Bertz CT molecular complexity index is 840. The number of rotatable bonds is 3. The first-order chi connectivity index (χ1) is 12.5. The Morgan fingerprint density at radius 1 is 1.19 bits per heavy atom. The third kappa shape index (κ3) is 2.94. The molecular formula is C19H21BrN4O2. The molecule has 0 spiro atoms. The highest BCUT2D eigenvalue weighted by Gasteiger charge is 2.48. The highest BCUT2D eigenvalue weighted by molar-refractivity contribution is 9.10. The number of carbonyl (C=O) groups excluding carboxylic acids is 1. The Morgan fingerprint density at radius 3 is 2.58 bits per heavy atom. The van der Waals surface area contributed by atoms with E-state index in [2.05, 4.69) is 30.8 Å². The minimum atomic E-state index is 0.0618. The maximum absolute atomic E-state index is 13.1. The number of aromatic nitrogens is 2. The zero-order chi connectivity index (χ0) is 18.4. The van der Waals surface area contributed by atoms with Crippen molar-refractivity contribution < 1.29 is 9.53 Å². The molecule has 3 fully saturated rings. The standard InChI is InChI=1S/C19H21BrN4O2/c1-11-6-18(22-12(2)21-11)23-9-13-7-14(10-23)24(13)19(25)16-8-15(26-3)4-5-17(16)20/h4-6,8,13-14H,7,9-10H2,1-3H3. The van der Waals surface area contributed by atoms with Crippen molar-refractivity contribution in [3.05, 3.63) is 45.8 Å². The van der Waals surface area contributed by atoms with Crippen LogP contribution < -0.4 is 9.64 Å². The summed E-state index contributed by atoms with van der Waals surface area (Å²) < 4.78 is 6.07. The zero-order valence-corrected chi connectivity index (χ0v) is 16.7. The molecule has 2 unspecified atom stereocenters. The quantitative estimate of drug-likeness (QED) is 0.769. The molecular weight excluding hydrogens is 396 g/mol. The number of hydrogen-bond acceptors (Lipinski definition) is 5. The van der Waals surface area contributed by atoms with E-state index in [-0.39, 0.29) is 18.0 Å². The molecule has 0 radical (unpaired) electrons. The lowest BCUT2D eigenvalue weighted by Gasteiger charge is -2.56. The third-order valence-corrected chi connectivity index (χ3v) is 5.80. The van der Waals surface area contributed by atoms with Crippen molar-refractivity contribution in [1.29, 1.82) is 0 Å². The van der Waals surface area contributed by atoms with E-state index in [0.717, 1.165) is 41.3 Å². The SMILES string of the molecule is COc1ccc(Br)c(C(=O)N2C3CC2CN(c2cc(C)nc(C)n2)C3)c1. The number of aryl methyl sites for hydroxylation is 2. The summed E-state index contributed by atoms with van der Waals surface area (Å²) in [5.74, 6) is 2.49. The van der Waals surface area contributed by atoms with Gasteiger partial charge in [0.05, 0.1) is 24.8 Å². The van der Waals surface area contributed by atoms with Crippen LogP contribution in [0.1, 0.15) is 28.3 Å². The van der Waals surface area contributed by atoms with Crippen molar-refractivity contribution in [2.75, 3.05) is 25.1 Å². The Balaban J connectivity index is 1.53. The van der Waals surface area contributed by atoms with Gasteiger partial charge < -0.3 is 14.5 Å². The van der Waals surface area contributed by atoms with Gasteiger partial charge in [0.15, 0.2) is 0 Å². The normalized spacial score (nSPS) is 21.4. The number of piperidine rings is 1. The second kappa shape index (κ2) is 6.54. The first kappa shape index (κ1) is 17.3. The number of piperazine rings is 1. The van der Waals surface area contributed by atoms with Crippen molar-refractivity contribution in [1.82, 2.24) is 14.9 Å². The summed E-state index contributed by atoms with van der Waals surface area (Å²) in [6.07, 6.45) is 1.05. The van der Waals surface area contributed by atoms with E-state index in [9.17, 15) is 4.79 Å². The van der Waals surface area contributed by atoms with Crippen LogP contribution in [0.2, 0.25) is 0 Å². The molecule has 0 aliphatic carbocycles. The van der Waals surface area contributed by atoms with Gasteiger partial charge in [0.2, 0.25) is 0 Å². The number of ether oxygens (including phenoxy) is 1. The van der Waals surface area contributed by atoms with Crippen molar-refractivity contribution in [3.8, 4) is 5.75 Å². The highest BCUT2D eigenvalue weighted by Crippen LogP contribution is 2.37. The summed E-state index contributed by atoms with van der Waals surface area (Å²) in [6.45, 7) is 5.51. The molecule has 5 rings (SSSR count). The third-order valence-electron chi connectivity index (χ3n) is 5.11. The molecule has 2 atom stereocenters. The van der Waals surface area contributed by atoms with E-state index < -0.39 is 0 Å². The molecule has 0 saturated carbocycles. The van der Waals surface area contributed by atoms with Crippen LogP contribution in [0.4, 0.5) is 5.82 Å². The van der Waals surface area contributed by atoms with Gasteiger partial charge in [0.1, 0.15) is 17.4 Å². The van der Waals surface area contributed by atoms with Crippen molar-refractivity contribution in [2.24, 2.45) is 0 Å². The number of fused-ring (bicyclic) bond motifs is 2. The lowest BCUT2D eigenvalue weighted by molar-refractivity contribution is 0.00564. The summed E-state index contributed by atoms with van der Waals surface area (Å²) in [7, 11) is 1.61. The van der Waals surface area contributed by atoms with Gasteiger partial charge in [-0.05, 0) is 54.4 Å². The van der Waals surface area contributed by atoms with E-state index in [4.69, 9.17) is 4.74 Å². The minimum Gasteiger partial charge on any atom is -0.497 e. The number of halogens is 1. The molecule has 2 bridgehead atoms. The Kier molecular flexibility index (Phi) is 4.34. The molecule has 4 heterocycles. The van der Waals surface area contributed by atoms with Crippen molar-refractivity contribution in [3.63, 3.8) is 0 Å². The van der Waals surface area contributed by atoms with Crippen molar-refractivity contribution >= 4 is 27.7 Å². The van der Waals surface area contributed by atoms with E-state index in [1.165, 1.54) is 0 Å². The molecule has 3 saturated heterocycles.